The monoisotopic (exact) mass is 240 g/mol. The van der Waals surface area contributed by atoms with Crippen LogP contribution in [0.25, 0.3) is 0 Å². The summed E-state index contributed by atoms with van der Waals surface area (Å²) in [4.78, 5) is 0. The third-order valence-corrected chi connectivity index (χ3v) is 0. The maximum Gasteiger partial charge on any atom is 0.226 e. The summed E-state index contributed by atoms with van der Waals surface area (Å²) in [6, 6.07) is 0. The first-order chi connectivity index (χ1) is 2.00. The molecular weight excluding hydrogens is 243 g/mol. The Morgan fingerprint density at radius 3 is 1.20 bits per heavy atom. The lowest BCUT2D eigenvalue weighted by Gasteiger charge is -1.92. The van der Waals surface area contributed by atoms with Gasteiger partial charge in [-0.25, -0.2) is 0 Å². The lowest BCUT2D eigenvalue weighted by Crippen LogP contribution is -1.78. The second-order valence-corrected chi connectivity index (χ2v) is 7.03. The summed E-state index contributed by atoms with van der Waals surface area (Å²) < 4.78 is -0.931. The standard InChI is InChI=1S/CBr2Cl2/c2-1(3,4)5. The normalized spacial score (nSPS) is 12.0. The molecule has 0 aromatic rings. The smallest absolute Gasteiger partial charge is 0.0762 e. The van der Waals surface area contributed by atoms with Gasteiger partial charge < -0.3 is 0 Å². The molecule has 0 aliphatic rings. The Morgan fingerprint density at radius 2 is 1.20 bits per heavy atom. The zero-order chi connectivity index (χ0) is 4.50. The van der Waals surface area contributed by atoms with Gasteiger partial charge in [0.25, 0.3) is 0 Å². The Labute approximate surface area is 57.1 Å². The molecule has 0 saturated heterocycles. The van der Waals surface area contributed by atoms with Crippen molar-refractivity contribution >= 4 is 55.1 Å². The molecule has 0 aromatic carbocycles. The highest BCUT2D eigenvalue weighted by molar-refractivity contribution is 9.26. The van der Waals surface area contributed by atoms with E-state index in [1.165, 1.54) is 0 Å². The first-order valence-electron chi connectivity index (χ1n) is 0.756. The molecule has 0 radical (unpaired) electrons. The molecule has 0 bridgehead atoms. The number of hydrogen-bond acceptors (Lipinski definition) is 0. The van der Waals surface area contributed by atoms with Gasteiger partial charge in [-0.1, -0.05) is 23.2 Å². The highest BCUT2D eigenvalue weighted by Gasteiger charge is 2.09. The largest absolute Gasteiger partial charge is 0.226 e. The van der Waals surface area contributed by atoms with Crippen molar-refractivity contribution in [3.05, 3.63) is 0 Å². The van der Waals surface area contributed by atoms with Crippen molar-refractivity contribution in [2.75, 3.05) is 0 Å². The van der Waals surface area contributed by atoms with E-state index in [1.54, 1.807) is 0 Å². The van der Waals surface area contributed by atoms with Crippen LogP contribution in [0.15, 0.2) is 0 Å². The highest BCUT2D eigenvalue weighted by atomic mass is 79.9. The van der Waals surface area contributed by atoms with E-state index in [-0.39, 0.29) is 0 Å². The quantitative estimate of drug-likeness (QED) is 0.573. The first kappa shape index (κ1) is 6.54. The van der Waals surface area contributed by atoms with Crippen molar-refractivity contribution in [2.24, 2.45) is 0 Å². The minimum absolute atomic E-state index is 0.931. The summed E-state index contributed by atoms with van der Waals surface area (Å²) in [7, 11) is 0. The van der Waals surface area contributed by atoms with Gasteiger partial charge in [0.2, 0.25) is 2.15 Å². The van der Waals surface area contributed by atoms with Crippen LogP contribution >= 0.6 is 55.1 Å². The van der Waals surface area contributed by atoms with Gasteiger partial charge in [-0.2, -0.15) is 0 Å². The van der Waals surface area contributed by atoms with Crippen LogP contribution in [0.1, 0.15) is 0 Å². The second kappa shape index (κ2) is 2.01. The van der Waals surface area contributed by atoms with Crippen LogP contribution in [-0.4, -0.2) is 2.15 Å². The number of alkyl halides is 4. The fraction of sp³-hybridized carbons (Fsp3) is 1.00. The van der Waals surface area contributed by atoms with Crippen molar-refractivity contribution < 1.29 is 0 Å². The summed E-state index contributed by atoms with van der Waals surface area (Å²) in [6.45, 7) is 0. The van der Waals surface area contributed by atoms with E-state index >= 15 is 0 Å². The lowest BCUT2D eigenvalue weighted by molar-refractivity contribution is 1.93. The molecule has 0 nitrogen and oxygen atoms in total. The third kappa shape index (κ3) is 29.3. The van der Waals surface area contributed by atoms with Crippen LogP contribution < -0.4 is 0 Å². The zero-order valence-corrected chi connectivity index (χ0v) is 6.70. The van der Waals surface area contributed by atoms with Crippen molar-refractivity contribution in [2.45, 2.75) is 2.15 Å². The Bertz CT molecular complexity index is 23.1. The molecule has 0 N–H and O–H groups in total. The molecule has 0 spiro atoms. The molecule has 0 aromatic heterocycles. The van der Waals surface area contributed by atoms with Crippen LogP contribution in [0, 0.1) is 0 Å². The average Bonchev–Trinajstić information content (AvgIpc) is 0.722. The van der Waals surface area contributed by atoms with Crippen LogP contribution in [-0.2, 0) is 0 Å². The fourth-order valence-electron chi connectivity index (χ4n) is 0. The molecule has 0 fully saturated rings. The molecule has 0 unspecified atom stereocenters. The van der Waals surface area contributed by atoms with E-state index in [9.17, 15) is 0 Å². The highest BCUT2D eigenvalue weighted by Crippen LogP contribution is 2.34. The Morgan fingerprint density at radius 1 is 1.20 bits per heavy atom. The topological polar surface area (TPSA) is 0 Å². The molecular formula is CBr2Cl2. The summed E-state index contributed by atoms with van der Waals surface area (Å²) in [6.07, 6.45) is 0. The molecule has 4 heteroatoms. The van der Waals surface area contributed by atoms with Crippen LogP contribution in [0.5, 0.6) is 0 Å². The Balaban J connectivity index is 3.02. The minimum Gasteiger partial charge on any atom is -0.0762 e. The second-order valence-electron chi connectivity index (χ2n) is 0.429. The Kier molecular flexibility index (Phi) is 2.63. The van der Waals surface area contributed by atoms with Gasteiger partial charge in [-0.3, -0.25) is 0 Å². The van der Waals surface area contributed by atoms with E-state index in [2.05, 4.69) is 31.9 Å². The molecule has 32 valence electrons. The molecule has 0 atom stereocenters. The molecule has 0 saturated carbocycles. The van der Waals surface area contributed by atoms with Crippen LogP contribution in [0.4, 0.5) is 0 Å². The third-order valence-electron chi connectivity index (χ3n) is 0. The van der Waals surface area contributed by atoms with Crippen LogP contribution in [0.3, 0.4) is 0 Å². The summed E-state index contributed by atoms with van der Waals surface area (Å²) >= 11 is 15.9. The lowest BCUT2D eigenvalue weighted by atomic mass is 11.9. The van der Waals surface area contributed by atoms with Gasteiger partial charge in [0.1, 0.15) is 0 Å². The first-order valence-corrected chi connectivity index (χ1v) is 3.10. The number of halogens is 4. The van der Waals surface area contributed by atoms with Crippen molar-refractivity contribution in [1.29, 1.82) is 0 Å². The van der Waals surface area contributed by atoms with Gasteiger partial charge in [0.15, 0.2) is 0 Å². The minimum atomic E-state index is -0.931. The Hall–Kier alpha value is 1.54. The van der Waals surface area contributed by atoms with E-state index in [4.69, 9.17) is 23.2 Å². The zero-order valence-electron chi connectivity index (χ0n) is 2.01. The SMILES string of the molecule is ClC(Cl)(Br)Br. The fourth-order valence-corrected chi connectivity index (χ4v) is 0. The average molecular weight is 243 g/mol. The molecule has 0 rings (SSSR count). The van der Waals surface area contributed by atoms with E-state index < -0.39 is 2.15 Å². The van der Waals surface area contributed by atoms with Crippen molar-refractivity contribution in [3.8, 4) is 0 Å². The van der Waals surface area contributed by atoms with E-state index in [0.717, 1.165) is 0 Å². The molecule has 0 heterocycles. The number of rotatable bonds is 0. The summed E-state index contributed by atoms with van der Waals surface area (Å²) in [5.41, 5.74) is 0. The van der Waals surface area contributed by atoms with Gasteiger partial charge >= 0.3 is 0 Å². The van der Waals surface area contributed by atoms with Gasteiger partial charge in [-0.05, 0) is 31.9 Å². The number of hydrogen-bond donors (Lipinski definition) is 0. The molecule has 0 aliphatic carbocycles. The maximum absolute atomic E-state index is 5.13. The summed E-state index contributed by atoms with van der Waals surface area (Å²) in [5.74, 6) is 0. The van der Waals surface area contributed by atoms with Crippen molar-refractivity contribution in [3.63, 3.8) is 0 Å². The predicted octanol–water partition coefficient (Wildman–Crippen LogP) is 2.87. The molecule has 0 amide bonds. The van der Waals surface area contributed by atoms with Gasteiger partial charge in [0, 0.05) is 0 Å². The van der Waals surface area contributed by atoms with Crippen LogP contribution in [0.2, 0.25) is 0 Å². The molecule has 5 heavy (non-hydrogen) atoms. The summed E-state index contributed by atoms with van der Waals surface area (Å²) in [5, 5.41) is 0. The van der Waals surface area contributed by atoms with Gasteiger partial charge in [0.05, 0.1) is 0 Å². The van der Waals surface area contributed by atoms with Crippen molar-refractivity contribution in [1.82, 2.24) is 0 Å². The van der Waals surface area contributed by atoms with E-state index in [0.29, 0.717) is 0 Å². The maximum atomic E-state index is 5.13. The molecule has 0 aliphatic heterocycles. The van der Waals surface area contributed by atoms with E-state index in [1.807, 2.05) is 0 Å². The predicted molar refractivity (Wildman–Crippen MR) is 32.3 cm³/mol. The van der Waals surface area contributed by atoms with Gasteiger partial charge in [-0.15, -0.1) is 0 Å².